The van der Waals surface area contributed by atoms with Crippen LogP contribution >= 0.6 is 11.3 Å². The predicted octanol–water partition coefficient (Wildman–Crippen LogP) is 4.96. The Hall–Kier alpha value is -4.13. The van der Waals surface area contributed by atoms with Crippen LogP contribution in [-0.4, -0.2) is 76.8 Å². The Balaban J connectivity index is 1.24. The number of nitrogens with one attached hydrogen (secondary N) is 2. The second kappa shape index (κ2) is 12.8. The van der Waals surface area contributed by atoms with Gasteiger partial charge in [0.2, 0.25) is 11.8 Å². The van der Waals surface area contributed by atoms with Gasteiger partial charge in [-0.2, -0.15) is 0 Å². The van der Waals surface area contributed by atoms with E-state index in [0.717, 1.165) is 23.4 Å². The lowest BCUT2D eigenvalue weighted by Gasteiger charge is -2.35. The highest BCUT2D eigenvalue weighted by molar-refractivity contribution is 7.14. The molecule has 2 saturated carbocycles. The number of alkyl carbamates (subject to hydrolysis) is 1. The van der Waals surface area contributed by atoms with Crippen molar-refractivity contribution in [2.24, 2.45) is 23.0 Å². The number of amides is 3. The minimum atomic E-state index is -0.939. The topological polar surface area (TPSA) is 158 Å². The van der Waals surface area contributed by atoms with Crippen molar-refractivity contribution in [3.8, 4) is 22.9 Å². The molecule has 6 atom stereocenters. The quantitative estimate of drug-likeness (QED) is 0.272. The number of thiazole rings is 1. The fourth-order valence-electron chi connectivity index (χ4n) is 6.69. The van der Waals surface area contributed by atoms with Crippen LogP contribution < -0.4 is 25.8 Å². The predicted molar refractivity (Wildman–Crippen MR) is 179 cm³/mol. The summed E-state index contributed by atoms with van der Waals surface area (Å²) >= 11 is 1.49. The number of likely N-dealkylation sites (tertiary alicyclic amines) is 1. The van der Waals surface area contributed by atoms with Gasteiger partial charge in [0.25, 0.3) is 0 Å². The van der Waals surface area contributed by atoms with Gasteiger partial charge >= 0.3 is 6.09 Å². The van der Waals surface area contributed by atoms with Crippen molar-refractivity contribution in [2.75, 3.05) is 19.0 Å². The highest BCUT2D eigenvalue weighted by atomic mass is 32.1. The molecule has 3 heterocycles. The molecule has 3 amide bonds. The first kappa shape index (κ1) is 32.8. The molecular weight excluding hydrogens is 620 g/mol. The molecular formula is C34H44N6O6S. The van der Waals surface area contributed by atoms with Crippen molar-refractivity contribution in [3.63, 3.8) is 0 Å². The van der Waals surface area contributed by atoms with E-state index in [-0.39, 0.29) is 25.1 Å². The maximum Gasteiger partial charge on any atom is 0.408 e. The number of methoxy groups -OCH3 is 1. The molecule has 3 fully saturated rings. The maximum atomic E-state index is 14.1. The monoisotopic (exact) mass is 664 g/mol. The molecule has 0 radical (unpaired) electrons. The molecule has 12 nitrogen and oxygen atoms in total. The number of carbonyl (C=O) groups is 3. The van der Waals surface area contributed by atoms with Gasteiger partial charge in [-0.25, -0.2) is 14.8 Å². The number of benzene rings is 1. The number of nitrogens with two attached hydrogens (primary N) is 1. The van der Waals surface area contributed by atoms with Crippen molar-refractivity contribution in [3.05, 3.63) is 29.6 Å². The van der Waals surface area contributed by atoms with Crippen molar-refractivity contribution in [1.29, 1.82) is 0 Å². The van der Waals surface area contributed by atoms with Gasteiger partial charge in [-0.15, -0.1) is 11.3 Å². The lowest BCUT2D eigenvalue weighted by atomic mass is 9.85. The van der Waals surface area contributed by atoms with Crippen LogP contribution in [0.2, 0.25) is 0 Å². The minimum Gasteiger partial charge on any atom is -0.497 e. The average molecular weight is 665 g/mol. The zero-order chi connectivity index (χ0) is 33.6. The van der Waals surface area contributed by atoms with E-state index in [9.17, 15) is 14.4 Å². The molecule has 2 aromatic heterocycles. The standard InChI is InChI=1S/C34H44N6O6S/c1-17(2)36-32-38-26(16-47-32)25-14-28(23-8-7-20(44-6)12-24(23)37-25)45-22-13-27(30(35)41)40(15-22)31(42)29(34(3,4)5)39-33(43)46-21-10-18-9-19(18)11-21/h7-8,12,14,16-19,21-22,27,29H,9-11,13,15H2,1-6H3,(H2,35,41)(H,36,38)(H,39,43)/t18-,19+,21?,22?,27-,29+/m0/s1. The SMILES string of the molecule is COc1ccc2c(OC3C[C@@H](C(N)=O)N(C(=O)[C@@H](NC(=O)OC4C[C@@H]5C[C@@H]5C4)C(C)(C)C)C3)cc(-c3csc(NC(C)C)n3)nc2c1. The van der Waals surface area contributed by atoms with Crippen molar-refractivity contribution in [2.45, 2.75) is 90.6 Å². The summed E-state index contributed by atoms with van der Waals surface area (Å²) in [6.45, 7) is 9.80. The van der Waals surface area contributed by atoms with E-state index in [1.807, 2.05) is 64.3 Å². The number of ether oxygens (including phenoxy) is 3. The number of rotatable bonds is 10. The average Bonchev–Trinajstić information content (AvgIpc) is 3.35. The molecule has 2 aliphatic carbocycles. The summed E-state index contributed by atoms with van der Waals surface area (Å²) in [5.41, 5.74) is 7.12. The Labute approximate surface area is 278 Å². The van der Waals surface area contributed by atoms with Gasteiger partial charge in [0.1, 0.15) is 41.5 Å². The van der Waals surface area contributed by atoms with Crippen molar-refractivity contribution < 1.29 is 28.6 Å². The van der Waals surface area contributed by atoms with E-state index in [1.54, 1.807) is 7.11 Å². The van der Waals surface area contributed by atoms with Crippen LogP contribution in [0.25, 0.3) is 22.3 Å². The van der Waals surface area contributed by atoms with Crippen LogP contribution in [0.15, 0.2) is 29.6 Å². The molecule has 4 N–H and O–H groups in total. The van der Waals surface area contributed by atoms with E-state index in [4.69, 9.17) is 29.9 Å². The second-order valence-corrected chi connectivity index (χ2v) is 15.2. The van der Waals surface area contributed by atoms with Crippen LogP contribution in [0, 0.1) is 17.3 Å². The molecule has 1 aromatic carbocycles. The maximum absolute atomic E-state index is 14.1. The third kappa shape index (κ3) is 7.24. The van der Waals surface area contributed by atoms with Crippen molar-refractivity contribution in [1.82, 2.24) is 20.2 Å². The molecule has 2 unspecified atom stereocenters. The molecule has 0 bridgehead atoms. The van der Waals surface area contributed by atoms with Gasteiger partial charge in [-0.1, -0.05) is 20.8 Å². The third-order valence-corrected chi connectivity index (χ3v) is 9.95. The minimum absolute atomic E-state index is 0.107. The fraction of sp³-hybridized carbons (Fsp3) is 0.559. The number of fused-ring (bicyclic) bond motifs is 2. The molecule has 47 heavy (non-hydrogen) atoms. The summed E-state index contributed by atoms with van der Waals surface area (Å²) in [5, 5.41) is 9.59. The highest BCUT2D eigenvalue weighted by Gasteiger charge is 2.48. The van der Waals surface area contributed by atoms with E-state index in [2.05, 4.69) is 10.6 Å². The molecule has 6 rings (SSSR count). The summed E-state index contributed by atoms with van der Waals surface area (Å²) in [6.07, 6.45) is 1.86. The van der Waals surface area contributed by atoms with Crippen LogP contribution in [0.4, 0.5) is 9.93 Å². The van der Waals surface area contributed by atoms with Gasteiger partial charge < -0.3 is 35.5 Å². The molecule has 3 aliphatic rings. The van der Waals surface area contributed by atoms with Crippen LogP contribution in [0.1, 0.15) is 60.3 Å². The van der Waals surface area contributed by atoms with Gasteiger partial charge in [0.05, 0.1) is 24.9 Å². The lowest BCUT2D eigenvalue weighted by Crippen LogP contribution is -2.57. The summed E-state index contributed by atoms with van der Waals surface area (Å²) in [7, 11) is 1.59. The molecule has 1 saturated heterocycles. The summed E-state index contributed by atoms with van der Waals surface area (Å²) in [4.78, 5) is 50.7. The Bertz CT molecular complexity index is 1660. The Morgan fingerprint density at radius 2 is 1.77 bits per heavy atom. The van der Waals surface area contributed by atoms with Gasteiger partial charge in [-0.05, 0) is 62.5 Å². The Morgan fingerprint density at radius 1 is 1.02 bits per heavy atom. The molecule has 0 spiro atoms. The molecule has 13 heteroatoms. The van der Waals surface area contributed by atoms with E-state index >= 15 is 0 Å². The van der Waals surface area contributed by atoms with Gasteiger partial charge in [0.15, 0.2) is 5.13 Å². The number of pyridine rings is 1. The largest absolute Gasteiger partial charge is 0.497 e. The Kier molecular flexibility index (Phi) is 8.94. The second-order valence-electron chi connectivity index (χ2n) is 14.3. The number of nitrogens with zero attached hydrogens (tertiary/aromatic N) is 3. The summed E-state index contributed by atoms with van der Waals surface area (Å²) in [5.74, 6) is 1.44. The van der Waals surface area contributed by atoms with Crippen LogP contribution in [-0.2, 0) is 14.3 Å². The number of anilines is 1. The number of primary amides is 1. The van der Waals surface area contributed by atoms with E-state index in [1.165, 1.54) is 22.7 Å². The van der Waals surface area contributed by atoms with Crippen molar-refractivity contribution >= 4 is 45.3 Å². The molecule has 252 valence electrons. The number of hydrogen-bond donors (Lipinski definition) is 3. The first-order valence-electron chi connectivity index (χ1n) is 16.2. The van der Waals surface area contributed by atoms with Crippen LogP contribution in [0.3, 0.4) is 0 Å². The summed E-state index contributed by atoms with van der Waals surface area (Å²) < 4.78 is 17.7. The van der Waals surface area contributed by atoms with Gasteiger partial charge in [0, 0.05) is 35.4 Å². The highest BCUT2D eigenvalue weighted by Crippen LogP contribution is 2.52. The zero-order valence-corrected chi connectivity index (χ0v) is 28.6. The normalized spacial score (nSPS) is 24.1. The van der Waals surface area contributed by atoms with E-state index in [0.29, 0.717) is 40.2 Å². The smallest absolute Gasteiger partial charge is 0.408 e. The summed E-state index contributed by atoms with van der Waals surface area (Å²) in [6, 6.07) is 5.73. The lowest BCUT2D eigenvalue weighted by molar-refractivity contribution is -0.141. The number of carbonyl (C=O) groups excluding carboxylic acids is 3. The number of aromatic nitrogens is 2. The Morgan fingerprint density at radius 3 is 2.43 bits per heavy atom. The number of hydrogen-bond acceptors (Lipinski definition) is 10. The van der Waals surface area contributed by atoms with E-state index < -0.39 is 41.5 Å². The first-order chi connectivity index (χ1) is 22.3. The molecule has 1 aliphatic heterocycles. The van der Waals surface area contributed by atoms with Crippen LogP contribution in [0.5, 0.6) is 11.5 Å². The van der Waals surface area contributed by atoms with Gasteiger partial charge in [-0.3, -0.25) is 9.59 Å². The zero-order valence-electron chi connectivity index (χ0n) is 27.7. The first-order valence-corrected chi connectivity index (χ1v) is 17.1. The third-order valence-electron chi connectivity index (χ3n) is 9.17. The molecule has 3 aromatic rings. The fourth-order valence-corrected chi connectivity index (χ4v) is 7.54.